The number of carbonyl (C=O) groups is 2. The Morgan fingerprint density at radius 2 is 1.89 bits per heavy atom. The molecule has 0 radical (unpaired) electrons. The quantitative estimate of drug-likeness (QED) is 0.314. The number of aliphatic hydroxyl groups excluding tert-OH is 1. The molecule has 0 aliphatic heterocycles. The maximum atomic E-state index is 14.6. The van der Waals surface area contributed by atoms with E-state index in [1.165, 1.54) is 42.4 Å². The Labute approximate surface area is 226 Å². The van der Waals surface area contributed by atoms with Gasteiger partial charge in [-0.25, -0.2) is 17.8 Å². The number of benzene rings is 2. The molecular weight excluding hydrogens is 531 g/mol. The highest BCUT2D eigenvalue weighted by atomic mass is 32.2. The molecule has 3 aromatic rings. The molecule has 0 spiro atoms. The van der Waals surface area contributed by atoms with Crippen molar-refractivity contribution in [2.24, 2.45) is 0 Å². The SMILES string of the molecule is CCS(=O)(=O)CC(=O)c1nc(CN(CCCc2ccccc2)C(=O)[C@H](O)c2ccc(OC)cc2F)sc1C. The van der Waals surface area contributed by atoms with Crippen molar-refractivity contribution in [2.75, 3.05) is 25.2 Å². The fourth-order valence-electron chi connectivity index (χ4n) is 3.86. The first-order valence-corrected chi connectivity index (χ1v) is 14.7. The third-order valence-corrected chi connectivity index (χ3v) is 8.54. The lowest BCUT2D eigenvalue weighted by molar-refractivity contribution is -0.141. The number of Topliss-reactive ketones (excluding diaryl/α,β-unsaturated/α-hetero) is 1. The molecule has 3 rings (SSSR count). The van der Waals surface area contributed by atoms with E-state index in [0.29, 0.717) is 22.7 Å². The summed E-state index contributed by atoms with van der Waals surface area (Å²) in [6.07, 6.45) is -0.513. The zero-order chi connectivity index (χ0) is 27.9. The summed E-state index contributed by atoms with van der Waals surface area (Å²) in [6.45, 7) is 3.35. The van der Waals surface area contributed by atoms with E-state index in [9.17, 15) is 27.5 Å². The third-order valence-electron chi connectivity index (χ3n) is 6.01. The van der Waals surface area contributed by atoms with Gasteiger partial charge >= 0.3 is 0 Å². The number of hydrogen-bond acceptors (Lipinski definition) is 8. The minimum Gasteiger partial charge on any atom is -0.497 e. The number of aromatic nitrogens is 1. The second-order valence-electron chi connectivity index (χ2n) is 8.75. The van der Waals surface area contributed by atoms with E-state index in [-0.39, 0.29) is 35.8 Å². The second kappa shape index (κ2) is 13.1. The fourth-order valence-corrected chi connectivity index (χ4v) is 5.57. The first-order valence-electron chi connectivity index (χ1n) is 12.1. The van der Waals surface area contributed by atoms with Crippen LogP contribution in [0.4, 0.5) is 4.39 Å². The van der Waals surface area contributed by atoms with E-state index in [1.54, 1.807) is 6.92 Å². The minimum atomic E-state index is -3.53. The van der Waals surface area contributed by atoms with Crippen LogP contribution in [0.15, 0.2) is 48.5 Å². The van der Waals surface area contributed by atoms with Gasteiger partial charge in [0.15, 0.2) is 21.7 Å². The van der Waals surface area contributed by atoms with Crippen LogP contribution < -0.4 is 4.74 Å². The van der Waals surface area contributed by atoms with Gasteiger partial charge in [-0.15, -0.1) is 11.3 Å². The average Bonchev–Trinajstić information content (AvgIpc) is 3.27. The highest BCUT2D eigenvalue weighted by Gasteiger charge is 2.28. The van der Waals surface area contributed by atoms with Gasteiger partial charge in [-0.2, -0.15) is 0 Å². The summed E-state index contributed by atoms with van der Waals surface area (Å²) >= 11 is 1.17. The normalized spacial score (nSPS) is 12.2. The molecule has 1 atom stereocenters. The molecule has 1 aromatic heterocycles. The highest BCUT2D eigenvalue weighted by molar-refractivity contribution is 7.92. The molecule has 0 fully saturated rings. The number of thiazole rings is 1. The van der Waals surface area contributed by atoms with Gasteiger partial charge < -0.3 is 14.7 Å². The van der Waals surface area contributed by atoms with E-state index >= 15 is 0 Å². The number of halogens is 1. The molecule has 1 N–H and O–H groups in total. The Morgan fingerprint density at radius 3 is 2.53 bits per heavy atom. The molecule has 0 aliphatic rings. The predicted molar refractivity (Wildman–Crippen MR) is 144 cm³/mol. The lowest BCUT2D eigenvalue weighted by Gasteiger charge is -2.25. The summed E-state index contributed by atoms with van der Waals surface area (Å²) in [5, 5.41) is 11.2. The Hall–Kier alpha value is -3.15. The summed E-state index contributed by atoms with van der Waals surface area (Å²) < 4.78 is 43.4. The number of carbonyl (C=O) groups excluding carboxylic acids is 2. The van der Waals surface area contributed by atoms with Crippen molar-refractivity contribution in [1.82, 2.24) is 9.88 Å². The molecule has 11 heteroatoms. The topological polar surface area (TPSA) is 114 Å². The van der Waals surface area contributed by atoms with Crippen LogP contribution in [0, 0.1) is 12.7 Å². The van der Waals surface area contributed by atoms with Gasteiger partial charge in [0.05, 0.1) is 13.7 Å². The average molecular weight is 563 g/mol. The highest BCUT2D eigenvalue weighted by Crippen LogP contribution is 2.26. The van der Waals surface area contributed by atoms with Gasteiger partial charge in [0.25, 0.3) is 5.91 Å². The lowest BCUT2D eigenvalue weighted by atomic mass is 10.1. The molecule has 38 heavy (non-hydrogen) atoms. The van der Waals surface area contributed by atoms with E-state index < -0.39 is 39.2 Å². The number of aliphatic hydroxyl groups is 1. The number of amides is 1. The van der Waals surface area contributed by atoms with Crippen molar-refractivity contribution < 1.29 is 32.2 Å². The van der Waals surface area contributed by atoms with Crippen LogP contribution in [0.3, 0.4) is 0 Å². The molecule has 2 aromatic carbocycles. The standard InChI is InChI=1S/C27H31FN2O6S2/c1-4-38(34,35)17-23(31)25-18(2)37-24(29-25)16-30(14-8-11-19-9-6-5-7-10-19)27(33)26(32)21-13-12-20(36-3)15-22(21)28/h5-7,9-10,12-13,15,26,32H,4,8,11,14,16-17H2,1-3H3/t26-/m1/s1. The first kappa shape index (κ1) is 29.4. The lowest BCUT2D eigenvalue weighted by Crippen LogP contribution is -2.36. The number of sulfone groups is 1. The maximum Gasteiger partial charge on any atom is 0.256 e. The number of ether oxygens (including phenoxy) is 1. The number of hydrogen-bond donors (Lipinski definition) is 1. The van der Waals surface area contributed by atoms with Crippen LogP contribution in [-0.2, 0) is 27.6 Å². The van der Waals surface area contributed by atoms with E-state index in [2.05, 4.69) is 4.98 Å². The minimum absolute atomic E-state index is 0.0260. The van der Waals surface area contributed by atoms with Crippen molar-refractivity contribution in [3.63, 3.8) is 0 Å². The molecule has 8 nitrogen and oxygen atoms in total. The third kappa shape index (κ3) is 7.68. The van der Waals surface area contributed by atoms with Gasteiger partial charge in [0.1, 0.15) is 28.0 Å². The second-order valence-corrected chi connectivity index (χ2v) is 12.4. The Morgan fingerprint density at radius 1 is 1.18 bits per heavy atom. The molecule has 0 unspecified atom stereocenters. The van der Waals surface area contributed by atoms with Gasteiger partial charge in [-0.3, -0.25) is 9.59 Å². The van der Waals surface area contributed by atoms with Crippen molar-refractivity contribution in [2.45, 2.75) is 39.3 Å². The monoisotopic (exact) mass is 562 g/mol. The summed E-state index contributed by atoms with van der Waals surface area (Å²) in [4.78, 5) is 32.2. The van der Waals surface area contributed by atoms with Crippen LogP contribution in [0.2, 0.25) is 0 Å². The van der Waals surface area contributed by atoms with Gasteiger partial charge in [-0.1, -0.05) is 37.3 Å². The smallest absolute Gasteiger partial charge is 0.256 e. The summed E-state index contributed by atoms with van der Waals surface area (Å²) in [7, 11) is -2.14. The zero-order valence-corrected chi connectivity index (χ0v) is 23.1. The van der Waals surface area contributed by atoms with Crippen LogP contribution in [0.25, 0.3) is 0 Å². The largest absolute Gasteiger partial charge is 0.497 e. The summed E-state index contributed by atoms with van der Waals surface area (Å²) in [6, 6.07) is 13.6. The summed E-state index contributed by atoms with van der Waals surface area (Å²) in [5.74, 6) is -2.62. The number of methoxy groups -OCH3 is 1. The van der Waals surface area contributed by atoms with Crippen molar-refractivity contribution >= 4 is 32.9 Å². The number of nitrogens with zero attached hydrogens (tertiary/aromatic N) is 2. The van der Waals surface area contributed by atoms with Gasteiger partial charge in [0, 0.05) is 28.8 Å². The molecule has 0 saturated carbocycles. The zero-order valence-electron chi connectivity index (χ0n) is 21.5. The van der Waals surface area contributed by atoms with Crippen molar-refractivity contribution in [3.05, 3.63) is 81.1 Å². The molecule has 0 saturated heterocycles. The molecular formula is C27H31FN2O6S2. The number of aryl methyl sites for hydroxylation is 2. The fraction of sp³-hybridized carbons (Fsp3) is 0.370. The first-order chi connectivity index (χ1) is 18.0. The molecule has 1 heterocycles. The van der Waals surface area contributed by atoms with Crippen LogP contribution in [0.1, 0.15) is 50.9 Å². The van der Waals surface area contributed by atoms with E-state index in [4.69, 9.17) is 4.74 Å². The van der Waals surface area contributed by atoms with Gasteiger partial charge in [-0.05, 0) is 37.5 Å². The van der Waals surface area contributed by atoms with Crippen LogP contribution in [0.5, 0.6) is 5.75 Å². The Bertz CT molecular complexity index is 1380. The van der Waals surface area contributed by atoms with E-state index in [1.807, 2.05) is 30.3 Å². The van der Waals surface area contributed by atoms with E-state index in [0.717, 1.165) is 11.6 Å². The van der Waals surface area contributed by atoms with Crippen LogP contribution in [-0.4, -0.2) is 60.3 Å². The molecule has 204 valence electrons. The predicted octanol–water partition coefficient (Wildman–Crippen LogP) is 3.91. The summed E-state index contributed by atoms with van der Waals surface area (Å²) in [5.41, 5.74) is 0.956. The molecule has 0 aliphatic carbocycles. The molecule has 0 bridgehead atoms. The Balaban J connectivity index is 1.83. The number of ketones is 1. The van der Waals surface area contributed by atoms with Crippen molar-refractivity contribution in [1.29, 1.82) is 0 Å². The van der Waals surface area contributed by atoms with Crippen molar-refractivity contribution in [3.8, 4) is 5.75 Å². The van der Waals surface area contributed by atoms with Crippen LogP contribution >= 0.6 is 11.3 Å². The number of rotatable bonds is 13. The van der Waals surface area contributed by atoms with Gasteiger partial charge in [0.2, 0.25) is 0 Å². The Kier molecular flexibility index (Phi) is 10.1. The maximum absolute atomic E-state index is 14.6. The molecule has 1 amide bonds.